The molecular weight excluding hydrogens is 386 g/mol. The zero-order chi connectivity index (χ0) is 19.8. The lowest BCUT2D eigenvalue weighted by molar-refractivity contribution is -0.140. The maximum atomic E-state index is 12.3. The fraction of sp³-hybridized carbons (Fsp3) is 0.421. The van der Waals surface area contributed by atoms with E-state index in [0.29, 0.717) is 23.0 Å². The number of aliphatic carboxylic acids is 1. The molecule has 0 atom stereocenters. The van der Waals surface area contributed by atoms with E-state index in [1.807, 2.05) is 12.1 Å². The first-order valence-electron chi connectivity index (χ1n) is 8.74. The third-order valence-corrected chi connectivity index (χ3v) is 5.29. The summed E-state index contributed by atoms with van der Waals surface area (Å²) in [7, 11) is 1.56. The molecule has 6 nitrogen and oxygen atoms in total. The second-order valence-corrected chi connectivity index (χ2v) is 7.66. The summed E-state index contributed by atoms with van der Waals surface area (Å²) in [5, 5.41) is 8.89. The Bertz CT molecular complexity index is 748. The molecule has 0 unspecified atom stereocenters. The molecule has 1 aromatic rings. The van der Waals surface area contributed by atoms with E-state index < -0.39 is 18.4 Å². The van der Waals surface area contributed by atoms with E-state index in [1.54, 1.807) is 19.3 Å². The lowest BCUT2D eigenvalue weighted by atomic mass is 10.1. The monoisotopic (exact) mass is 409 g/mol. The first-order valence-corrected chi connectivity index (χ1v) is 9.96. The predicted molar refractivity (Wildman–Crippen MR) is 110 cm³/mol. The maximum absolute atomic E-state index is 12.3. The topological polar surface area (TPSA) is 76.1 Å². The Balaban J connectivity index is 2.08. The van der Waals surface area contributed by atoms with Gasteiger partial charge < -0.3 is 14.6 Å². The van der Waals surface area contributed by atoms with Gasteiger partial charge in [0.1, 0.15) is 10.9 Å². The fourth-order valence-electron chi connectivity index (χ4n) is 2.53. The third-order valence-electron chi connectivity index (χ3n) is 3.91. The summed E-state index contributed by atoms with van der Waals surface area (Å²) in [6.07, 6.45) is 6.17. The van der Waals surface area contributed by atoms with Gasteiger partial charge in [0.05, 0.1) is 18.6 Å². The summed E-state index contributed by atoms with van der Waals surface area (Å²) in [5.74, 6) is -0.262. The first-order chi connectivity index (χ1) is 13.0. The van der Waals surface area contributed by atoms with Crippen LogP contribution in [0, 0.1) is 0 Å². The van der Waals surface area contributed by atoms with Crippen LogP contribution in [0.25, 0.3) is 6.08 Å². The Labute approximate surface area is 168 Å². The van der Waals surface area contributed by atoms with Crippen LogP contribution in [0.2, 0.25) is 0 Å². The van der Waals surface area contributed by atoms with Gasteiger partial charge in [-0.2, -0.15) is 0 Å². The molecular formula is C19H23NO5S2. The lowest BCUT2D eigenvalue weighted by Crippen LogP contribution is -2.33. The van der Waals surface area contributed by atoms with Gasteiger partial charge in [-0.3, -0.25) is 14.5 Å². The molecule has 1 amide bonds. The Hall–Kier alpha value is -2.06. The summed E-state index contributed by atoms with van der Waals surface area (Å²) < 4.78 is 11.4. The number of hydrogen-bond acceptors (Lipinski definition) is 6. The molecule has 146 valence electrons. The molecule has 0 aliphatic carbocycles. The smallest absolute Gasteiger partial charge is 0.323 e. The SMILES string of the molecule is CCCCCCOc1ccc(/C=C2\SC(=S)N(CC(=O)O)C2=O)cc1OC. The van der Waals surface area contributed by atoms with Crippen LogP contribution in [-0.2, 0) is 9.59 Å². The minimum atomic E-state index is -1.10. The third kappa shape index (κ3) is 5.97. The highest BCUT2D eigenvalue weighted by atomic mass is 32.2. The standard InChI is InChI=1S/C19H23NO5S2/c1-3-4-5-6-9-25-14-8-7-13(10-15(14)24-2)11-16-18(23)20(12-17(21)22)19(26)27-16/h7-8,10-11H,3-6,9,12H2,1-2H3,(H,21,22)/b16-11-. The highest BCUT2D eigenvalue weighted by Gasteiger charge is 2.33. The van der Waals surface area contributed by atoms with E-state index in [1.165, 1.54) is 12.8 Å². The van der Waals surface area contributed by atoms with Crippen LogP contribution < -0.4 is 9.47 Å². The molecule has 1 aliphatic heterocycles. The molecule has 0 aromatic heterocycles. The molecule has 1 N–H and O–H groups in total. The molecule has 1 aliphatic rings. The Morgan fingerprint density at radius 3 is 2.74 bits per heavy atom. The molecule has 0 saturated carbocycles. The van der Waals surface area contributed by atoms with Crippen molar-refractivity contribution in [2.75, 3.05) is 20.3 Å². The number of rotatable bonds is 10. The Morgan fingerprint density at radius 2 is 2.07 bits per heavy atom. The molecule has 1 fully saturated rings. The number of thioether (sulfide) groups is 1. The number of unbranched alkanes of at least 4 members (excludes halogenated alkanes) is 3. The first kappa shape index (κ1) is 21.2. The van der Waals surface area contributed by atoms with Gasteiger partial charge in [0, 0.05) is 0 Å². The number of carbonyl (C=O) groups excluding carboxylic acids is 1. The average molecular weight is 410 g/mol. The van der Waals surface area contributed by atoms with Crippen molar-refractivity contribution in [1.29, 1.82) is 0 Å². The number of amides is 1. The fourth-order valence-corrected chi connectivity index (χ4v) is 3.78. The predicted octanol–water partition coefficient (Wildman–Crippen LogP) is 3.94. The highest BCUT2D eigenvalue weighted by Crippen LogP contribution is 2.34. The molecule has 2 rings (SSSR count). The molecule has 1 aromatic carbocycles. The van der Waals surface area contributed by atoms with Crippen molar-refractivity contribution in [3.05, 3.63) is 28.7 Å². The van der Waals surface area contributed by atoms with E-state index in [4.69, 9.17) is 26.8 Å². The van der Waals surface area contributed by atoms with Crippen molar-refractivity contribution in [3.63, 3.8) is 0 Å². The summed E-state index contributed by atoms with van der Waals surface area (Å²) in [6, 6.07) is 5.42. The van der Waals surface area contributed by atoms with E-state index >= 15 is 0 Å². The number of carbonyl (C=O) groups is 2. The van der Waals surface area contributed by atoms with Crippen LogP contribution in [0.1, 0.15) is 38.2 Å². The van der Waals surface area contributed by atoms with Crippen LogP contribution in [0.15, 0.2) is 23.1 Å². The van der Waals surface area contributed by atoms with Gasteiger partial charge in [0.2, 0.25) is 0 Å². The number of carboxylic acid groups (broad SMARTS) is 1. The number of hydrogen-bond donors (Lipinski definition) is 1. The van der Waals surface area contributed by atoms with Crippen molar-refractivity contribution in [1.82, 2.24) is 4.90 Å². The summed E-state index contributed by atoms with van der Waals surface area (Å²) in [5.41, 5.74) is 0.751. The minimum absolute atomic E-state index is 0.243. The van der Waals surface area contributed by atoms with Crippen molar-refractivity contribution in [2.45, 2.75) is 32.6 Å². The second kappa shape index (κ2) is 10.3. The van der Waals surface area contributed by atoms with Gasteiger partial charge in [-0.05, 0) is 30.2 Å². The van der Waals surface area contributed by atoms with E-state index in [2.05, 4.69) is 6.92 Å². The van der Waals surface area contributed by atoms with Crippen LogP contribution >= 0.6 is 24.0 Å². The lowest BCUT2D eigenvalue weighted by Gasteiger charge is -2.11. The van der Waals surface area contributed by atoms with Crippen LogP contribution in [-0.4, -0.2) is 46.5 Å². The van der Waals surface area contributed by atoms with Gasteiger partial charge in [0.15, 0.2) is 11.5 Å². The number of thiocarbonyl (C=S) groups is 1. The normalized spacial score (nSPS) is 15.5. The molecule has 0 spiro atoms. The van der Waals surface area contributed by atoms with Crippen molar-refractivity contribution in [3.8, 4) is 11.5 Å². The Morgan fingerprint density at radius 1 is 1.30 bits per heavy atom. The summed E-state index contributed by atoms with van der Waals surface area (Å²) in [4.78, 5) is 24.7. The van der Waals surface area contributed by atoms with Gasteiger partial charge in [0.25, 0.3) is 5.91 Å². The molecule has 8 heteroatoms. The van der Waals surface area contributed by atoms with E-state index in [9.17, 15) is 9.59 Å². The zero-order valence-corrected chi connectivity index (χ0v) is 17.0. The summed E-state index contributed by atoms with van der Waals surface area (Å²) >= 11 is 6.19. The second-order valence-electron chi connectivity index (χ2n) is 5.98. The Kier molecular flexibility index (Phi) is 8.12. The van der Waals surface area contributed by atoms with E-state index in [0.717, 1.165) is 35.1 Å². The van der Waals surface area contributed by atoms with Gasteiger partial charge in [-0.15, -0.1) is 0 Å². The van der Waals surface area contributed by atoms with Crippen molar-refractivity contribution >= 4 is 46.3 Å². The van der Waals surface area contributed by atoms with Crippen LogP contribution in [0.4, 0.5) is 0 Å². The highest BCUT2D eigenvalue weighted by molar-refractivity contribution is 8.26. The molecule has 0 bridgehead atoms. The van der Waals surface area contributed by atoms with Gasteiger partial charge in [-0.1, -0.05) is 56.2 Å². The van der Waals surface area contributed by atoms with Gasteiger partial charge >= 0.3 is 5.97 Å². The number of nitrogens with zero attached hydrogens (tertiary/aromatic N) is 1. The van der Waals surface area contributed by atoms with Crippen LogP contribution in [0.3, 0.4) is 0 Å². The average Bonchev–Trinajstić information content (AvgIpc) is 2.89. The molecule has 1 heterocycles. The van der Waals surface area contributed by atoms with Crippen molar-refractivity contribution < 1.29 is 24.2 Å². The number of methoxy groups -OCH3 is 1. The van der Waals surface area contributed by atoms with Gasteiger partial charge in [-0.25, -0.2) is 0 Å². The number of carboxylic acids is 1. The van der Waals surface area contributed by atoms with E-state index in [-0.39, 0.29) is 4.32 Å². The van der Waals surface area contributed by atoms with Crippen LogP contribution in [0.5, 0.6) is 11.5 Å². The number of benzene rings is 1. The zero-order valence-electron chi connectivity index (χ0n) is 15.4. The molecule has 0 radical (unpaired) electrons. The minimum Gasteiger partial charge on any atom is -0.493 e. The number of ether oxygens (including phenoxy) is 2. The molecule has 1 saturated heterocycles. The summed E-state index contributed by atoms with van der Waals surface area (Å²) in [6.45, 7) is 2.36. The molecule has 27 heavy (non-hydrogen) atoms. The quantitative estimate of drug-likeness (QED) is 0.356. The largest absolute Gasteiger partial charge is 0.493 e. The maximum Gasteiger partial charge on any atom is 0.323 e. The van der Waals surface area contributed by atoms with Crippen molar-refractivity contribution in [2.24, 2.45) is 0 Å².